The van der Waals surface area contributed by atoms with Crippen molar-refractivity contribution in [1.82, 2.24) is 10.2 Å². The molecule has 0 aromatic heterocycles. The van der Waals surface area contributed by atoms with Crippen molar-refractivity contribution >= 4 is 0 Å². The first-order chi connectivity index (χ1) is 9.78. The average Bonchev–Trinajstić information content (AvgIpc) is 2.74. The molecule has 3 heteroatoms. The molecule has 0 spiro atoms. The van der Waals surface area contributed by atoms with Crippen molar-refractivity contribution in [2.24, 2.45) is 5.73 Å². The van der Waals surface area contributed by atoms with Gasteiger partial charge in [-0.3, -0.25) is 0 Å². The molecule has 0 bridgehead atoms. The smallest absolute Gasteiger partial charge is 0.0208 e. The summed E-state index contributed by atoms with van der Waals surface area (Å²) in [5.74, 6) is 0. The fraction of sp³-hybridized carbons (Fsp3) is 0.647. The van der Waals surface area contributed by atoms with E-state index >= 15 is 0 Å². The number of nitrogens with one attached hydrogen (secondary N) is 1. The SMILES string of the molecule is CC(CN1CCCCCC1)NCc1ccc(CN)cc1. The summed E-state index contributed by atoms with van der Waals surface area (Å²) in [6.45, 7) is 7.58. The minimum absolute atomic E-state index is 0.544. The minimum atomic E-state index is 0.544. The maximum Gasteiger partial charge on any atom is 0.0208 e. The summed E-state index contributed by atoms with van der Waals surface area (Å²) in [5, 5.41) is 3.63. The van der Waals surface area contributed by atoms with Crippen LogP contribution in [0.4, 0.5) is 0 Å². The van der Waals surface area contributed by atoms with Gasteiger partial charge in [0.25, 0.3) is 0 Å². The molecule has 1 saturated heterocycles. The molecule has 1 heterocycles. The third kappa shape index (κ3) is 5.23. The summed E-state index contributed by atoms with van der Waals surface area (Å²) in [6.07, 6.45) is 5.55. The minimum Gasteiger partial charge on any atom is -0.326 e. The predicted molar refractivity (Wildman–Crippen MR) is 85.5 cm³/mol. The largest absolute Gasteiger partial charge is 0.326 e. The van der Waals surface area contributed by atoms with Crippen molar-refractivity contribution in [3.05, 3.63) is 35.4 Å². The number of nitrogens with zero attached hydrogens (tertiary/aromatic N) is 1. The Hall–Kier alpha value is -0.900. The third-order valence-corrected chi connectivity index (χ3v) is 4.14. The van der Waals surface area contributed by atoms with Crippen LogP contribution in [0.15, 0.2) is 24.3 Å². The Kier molecular flexibility index (Phi) is 6.51. The van der Waals surface area contributed by atoms with E-state index < -0.39 is 0 Å². The van der Waals surface area contributed by atoms with Gasteiger partial charge in [-0.15, -0.1) is 0 Å². The van der Waals surface area contributed by atoms with E-state index in [9.17, 15) is 0 Å². The zero-order chi connectivity index (χ0) is 14.2. The van der Waals surface area contributed by atoms with E-state index in [-0.39, 0.29) is 0 Å². The van der Waals surface area contributed by atoms with E-state index in [1.807, 2.05) is 0 Å². The van der Waals surface area contributed by atoms with Crippen molar-refractivity contribution in [2.75, 3.05) is 19.6 Å². The zero-order valence-electron chi connectivity index (χ0n) is 12.8. The van der Waals surface area contributed by atoms with Crippen LogP contribution in [0.3, 0.4) is 0 Å². The molecular formula is C17H29N3. The number of hydrogen-bond acceptors (Lipinski definition) is 3. The molecule has 1 aromatic carbocycles. The average molecular weight is 275 g/mol. The quantitative estimate of drug-likeness (QED) is 0.838. The zero-order valence-corrected chi connectivity index (χ0v) is 12.8. The molecule has 112 valence electrons. The first-order valence-electron chi connectivity index (χ1n) is 8.01. The molecular weight excluding hydrogens is 246 g/mol. The van der Waals surface area contributed by atoms with E-state index in [2.05, 4.69) is 41.4 Å². The lowest BCUT2D eigenvalue weighted by Gasteiger charge is -2.24. The number of likely N-dealkylation sites (tertiary alicyclic amines) is 1. The summed E-state index contributed by atoms with van der Waals surface area (Å²) in [4.78, 5) is 2.61. The standard InChI is InChI=1S/C17H29N3/c1-15(14-20-10-4-2-3-5-11-20)19-13-17-8-6-16(12-18)7-9-17/h6-9,15,19H,2-5,10-14,18H2,1H3. The summed E-state index contributed by atoms with van der Waals surface area (Å²) in [5.41, 5.74) is 8.16. The molecule has 1 aromatic rings. The molecule has 1 aliphatic rings. The van der Waals surface area contributed by atoms with Gasteiger partial charge in [-0.05, 0) is 44.0 Å². The molecule has 2 rings (SSSR count). The fourth-order valence-electron chi connectivity index (χ4n) is 2.86. The highest BCUT2D eigenvalue weighted by atomic mass is 15.1. The van der Waals surface area contributed by atoms with Crippen LogP contribution in [0.25, 0.3) is 0 Å². The van der Waals surface area contributed by atoms with Crippen LogP contribution in [0.1, 0.15) is 43.7 Å². The number of benzene rings is 1. The van der Waals surface area contributed by atoms with E-state index in [1.54, 1.807) is 0 Å². The van der Waals surface area contributed by atoms with Gasteiger partial charge in [0.1, 0.15) is 0 Å². The van der Waals surface area contributed by atoms with E-state index in [1.165, 1.54) is 56.4 Å². The number of rotatable bonds is 6. The van der Waals surface area contributed by atoms with Crippen molar-refractivity contribution in [1.29, 1.82) is 0 Å². The van der Waals surface area contributed by atoms with Crippen LogP contribution in [-0.2, 0) is 13.1 Å². The molecule has 3 nitrogen and oxygen atoms in total. The van der Waals surface area contributed by atoms with Crippen molar-refractivity contribution < 1.29 is 0 Å². The second-order valence-electron chi connectivity index (χ2n) is 6.02. The topological polar surface area (TPSA) is 41.3 Å². The van der Waals surface area contributed by atoms with Crippen LogP contribution in [0, 0.1) is 0 Å². The summed E-state index contributed by atoms with van der Waals surface area (Å²) < 4.78 is 0. The van der Waals surface area contributed by atoms with E-state index in [4.69, 9.17) is 5.73 Å². The molecule has 0 amide bonds. The van der Waals surface area contributed by atoms with Crippen LogP contribution in [-0.4, -0.2) is 30.6 Å². The highest BCUT2D eigenvalue weighted by Crippen LogP contribution is 2.10. The van der Waals surface area contributed by atoms with Crippen LogP contribution in [0.2, 0.25) is 0 Å². The number of hydrogen-bond donors (Lipinski definition) is 2. The predicted octanol–water partition coefficient (Wildman–Crippen LogP) is 2.50. The van der Waals surface area contributed by atoms with Gasteiger partial charge < -0.3 is 16.0 Å². The maximum atomic E-state index is 5.62. The summed E-state index contributed by atoms with van der Waals surface area (Å²) >= 11 is 0. The maximum absolute atomic E-state index is 5.62. The van der Waals surface area contributed by atoms with Crippen molar-refractivity contribution in [2.45, 2.75) is 51.7 Å². The monoisotopic (exact) mass is 275 g/mol. The van der Waals surface area contributed by atoms with Gasteiger partial charge in [-0.2, -0.15) is 0 Å². The lowest BCUT2D eigenvalue weighted by Crippen LogP contribution is -2.39. The van der Waals surface area contributed by atoms with E-state index in [0.29, 0.717) is 12.6 Å². The van der Waals surface area contributed by atoms with Gasteiger partial charge >= 0.3 is 0 Å². The third-order valence-electron chi connectivity index (χ3n) is 4.14. The Balaban J connectivity index is 1.71. The normalized spacial score (nSPS) is 18.7. The first kappa shape index (κ1) is 15.5. The molecule has 1 unspecified atom stereocenters. The lowest BCUT2D eigenvalue weighted by atomic mass is 10.1. The molecule has 0 aliphatic carbocycles. The van der Waals surface area contributed by atoms with Gasteiger partial charge in [-0.1, -0.05) is 37.1 Å². The molecule has 1 atom stereocenters. The van der Waals surface area contributed by atoms with Gasteiger partial charge in [0.15, 0.2) is 0 Å². The second kappa shape index (κ2) is 8.40. The van der Waals surface area contributed by atoms with Gasteiger partial charge in [0, 0.05) is 25.7 Å². The Morgan fingerprint density at radius 1 is 1.05 bits per heavy atom. The Morgan fingerprint density at radius 3 is 2.25 bits per heavy atom. The van der Waals surface area contributed by atoms with Crippen LogP contribution < -0.4 is 11.1 Å². The molecule has 1 fully saturated rings. The highest BCUT2D eigenvalue weighted by Gasteiger charge is 2.12. The Labute approximate surface area is 123 Å². The van der Waals surface area contributed by atoms with Gasteiger partial charge in [-0.25, -0.2) is 0 Å². The van der Waals surface area contributed by atoms with E-state index in [0.717, 1.165) is 6.54 Å². The Morgan fingerprint density at radius 2 is 1.65 bits per heavy atom. The fourth-order valence-corrected chi connectivity index (χ4v) is 2.86. The van der Waals surface area contributed by atoms with Crippen molar-refractivity contribution in [3.8, 4) is 0 Å². The van der Waals surface area contributed by atoms with Gasteiger partial charge in [0.05, 0.1) is 0 Å². The highest BCUT2D eigenvalue weighted by molar-refractivity contribution is 5.22. The lowest BCUT2D eigenvalue weighted by molar-refractivity contribution is 0.255. The Bertz CT molecular complexity index is 366. The van der Waals surface area contributed by atoms with Crippen LogP contribution >= 0.6 is 0 Å². The molecule has 0 radical (unpaired) electrons. The molecule has 20 heavy (non-hydrogen) atoms. The second-order valence-corrected chi connectivity index (χ2v) is 6.02. The van der Waals surface area contributed by atoms with Crippen molar-refractivity contribution in [3.63, 3.8) is 0 Å². The molecule has 0 saturated carbocycles. The summed E-state index contributed by atoms with van der Waals surface area (Å²) in [7, 11) is 0. The molecule has 3 N–H and O–H groups in total. The van der Waals surface area contributed by atoms with Crippen LogP contribution in [0.5, 0.6) is 0 Å². The molecule has 1 aliphatic heterocycles. The number of nitrogens with two attached hydrogens (primary N) is 1. The van der Waals surface area contributed by atoms with Gasteiger partial charge in [0.2, 0.25) is 0 Å². The summed E-state index contributed by atoms with van der Waals surface area (Å²) in [6, 6.07) is 9.14. The first-order valence-corrected chi connectivity index (χ1v) is 8.01.